The quantitative estimate of drug-likeness (QED) is 0.918. The number of aromatic nitrogens is 1. The van der Waals surface area contributed by atoms with Gasteiger partial charge in [-0.05, 0) is 31.0 Å². The molecule has 5 nitrogen and oxygen atoms in total. The number of carboxylic acid groups (broad SMARTS) is 1. The van der Waals surface area contributed by atoms with Crippen molar-refractivity contribution in [2.75, 3.05) is 6.54 Å². The topological polar surface area (TPSA) is 70.5 Å². The number of carbonyl (C=O) groups is 2. The molecule has 1 amide bonds. The Hall–Kier alpha value is -2.50. The molecule has 0 radical (unpaired) electrons. The van der Waals surface area contributed by atoms with Crippen molar-refractivity contribution in [2.45, 2.75) is 18.9 Å². The monoisotopic (exact) mass is 288 g/mol. The zero-order valence-electron chi connectivity index (χ0n) is 11.1. The van der Waals surface area contributed by atoms with Gasteiger partial charge in [-0.1, -0.05) is 6.07 Å². The van der Waals surface area contributed by atoms with E-state index in [0.29, 0.717) is 30.3 Å². The van der Waals surface area contributed by atoms with Gasteiger partial charge >= 0.3 is 5.97 Å². The highest BCUT2D eigenvalue weighted by atomic mass is 19.1. The Labute approximate surface area is 120 Å². The van der Waals surface area contributed by atoms with E-state index in [4.69, 9.17) is 5.11 Å². The van der Waals surface area contributed by atoms with E-state index in [2.05, 4.69) is 4.98 Å². The normalized spacial score (nSPS) is 18.1. The molecule has 2 heterocycles. The molecule has 1 aromatic carbocycles. The smallest absolute Gasteiger partial charge is 0.326 e. The van der Waals surface area contributed by atoms with E-state index in [-0.39, 0.29) is 5.56 Å². The first kappa shape index (κ1) is 13.5. The van der Waals surface area contributed by atoms with Crippen LogP contribution < -0.4 is 0 Å². The van der Waals surface area contributed by atoms with Gasteiger partial charge in [-0.3, -0.25) is 9.78 Å². The van der Waals surface area contributed by atoms with Gasteiger partial charge in [0.25, 0.3) is 5.91 Å². The molecule has 21 heavy (non-hydrogen) atoms. The van der Waals surface area contributed by atoms with Crippen LogP contribution in [0.3, 0.4) is 0 Å². The lowest BCUT2D eigenvalue weighted by molar-refractivity contribution is -0.141. The fourth-order valence-corrected chi connectivity index (χ4v) is 2.74. The minimum absolute atomic E-state index is 0.110. The van der Waals surface area contributed by atoms with Crippen molar-refractivity contribution in [2.24, 2.45) is 0 Å². The van der Waals surface area contributed by atoms with Crippen LogP contribution in [0.1, 0.15) is 23.2 Å². The van der Waals surface area contributed by atoms with E-state index in [0.717, 1.165) is 6.07 Å². The predicted molar refractivity (Wildman–Crippen MR) is 73.4 cm³/mol. The highest BCUT2D eigenvalue weighted by molar-refractivity contribution is 6.06. The van der Waals surface area contributed by atoms with Crippen molar-refractivity contribution >= 4 is 22.8 Å². The lowest BCUT2D eigenvalue weighted by atomic mass is 10.1. The van der Waals surface area contributed by atoms with Crippen LogP contribution in [0.2, 0.25) is 0 Å². The zero-order chi connectivity index (χ0) is 15.0. The number of likely N-dealkylation sites (tertiary alicyclic amines) is 1. The molecule has 108 valence electrons. The van der Waals surface area contributed by atoms with Crippen molar-refractivity contribution in [3.63, 3.8) is 0 Å². The zero-order valence-corrected chi connectivity index (χ0v) is 11.1. The van der Waals surface area contributed by atoms with Crippen LogP contribution in [-0.4, -0.2) is 39.5 Å². The van der Waals surface area contributed by atoms with E-state index in [9.17, 15) is 14.0 Å². The number of hydrogen-bond acceptors (Lipinski definition) is 3. The van der Waals surface area contributed by atoms with Crippen molar-refractivity contribution in [1.82, 2.24) is 9.88 Å². The Morgan fingerprint density at radius 1 is 1.38 bits per heavy atom. The summed E-state index contributed by atoms with van der Waals surface area (Å²) in [5.41, 5.74) is 0.499. The van der Waals surface area contributed by atoms with Crippen LogP contribution in [-0.2, 0) is 4.79 Å². The van der Waals surface area contributed by atoms with Gasteiger partial charge in [-0.15, -0.1) is 0 Å². The summed E-state index contributed by atoms with van der Waals surface area (Å²) in [6.45, 7) is 0.362. The van der Waals surface area contributed by atoms with Gasteiger partial charge in [0.15, 0.2) is 0 Å². The SMILES string of the molecule is O=C(O)[C@@H]1CCCN1C(=O)c1cc(F)cc2cccnc12. The molecule has 0 bridgehead atoms. The van der Waals surface area contributed by atoms with Gasteiger partial charge in [0.1, 0.15) is 11.9 Å². The third-order valence-electron chi connectivity index (χ3n) is 3.70. The number of nitrogens with zero attached hydrogens (tertiary/aromatic N) is 2. The average molecular weight is 288 g/mol. The van der Waals surface area contributed by atoms with E-state index < -0.39 is 23.7 Å². The summed E-state index contributed by atoms with van der Waals surface area (Å²) in [6, 6.07) is 4.90. The summed E-state index contributed by atoms with van der Waals surface area (Å²) in [4.78, 5) is 29.2. The van der Waals surface area contributed by atoms with Gasteiger partial charge in [0.05, 0.1) is 11.1 Å². The maximum atomic E-state index is 13.7. The standard InChI is InChI=1S/C15H13FN2O3/c16-10-7-9-3-1-5-17-13(9)11(8-10)14(19)18-6-2-4-12(18)15(20)21/h1,3,5,7-8,12H,2,4,6H2,(H,20,21)/t12-/m0/s1. The molecule has 1 aliphatic heterocycles. The molecule has 6 heteroatoms. The first-order valence-corrected chi connectivity index (χ1v) is 6.66. The maximum absolute atomic E-state index is 13.7. The van der Waals surface area contributed by atoms with Crippen LogP contribution in [0.25, 0.3) is 10.9 Å². The number of carboxylic acids is 1. The van der Waals surface area contributed by atoms with Gasteiger partial charge < -0.3 is 10.0 Å². The summed E-state index contributed by atoms with van der Waals surface area (Å²) >= 11 is 0. The molecule has 0 spiro atoms. The highest BCUT2D eigenvalue weighted by Gasteiger charge is 2.35. The fourth-order valence-electron chi connectivity index (χ4n) is 2.74. The minimum Gasteiger partial charge on any atom is -0.480 e. The van der Waals surface area contributed by atoms with Gasteiger partial charge in [-0.2, -0.15) is 0 Å². The number of benzene rings is 1. The van der Waals surface area contributed by atoms with Crippen molar-refractivity contribution in [1.29, 1.82) is 0 Å². The van der Waals surface area contributed by atoms with E-state index >= 15 is 0 Å². The maximum Gasteiger partial charge on any atom is 0.326 e. The van der Waals surface area contributed by atoms with Crippen molar-refractivity contribution < 1.29 is 19.1 Å². The fraction of sp³-hybridized carbons (Fsp3) is 0.267. The number of amides is 1. The molecule has 1 saturated heterocycles. The third-order valence-corrected chi connectivity index (χ3v) is 3.70. The molecule has 0 aliphatic carbocycles. The van der Waals surface area contributed by atoms with Crippen LogP contribution in [0, 0.1) is 5.82 Å². The second-order valence-corrected chi connectivity index (χ2v) is 5.02. The van der Waals surface area contributed by atoms with E-state index in [1.807, 2.05) is 0 Å². The Morgan fingerprint density at radius 3 is 2.95 bits per heavy atom. The van der Waals surface area contributed by atoms with E-state index in [1.54, 1.807) is 12.1 Å². The largest absolute Gasteiger partial charge is 0.480 e. The molecular weight excluding hydrogens is 275 g/mol. The van der Waals surface area contributed by atoms with Gasteiger partial charge in [-0.25, -0.2) is 9.18 Å². The first-order chi connectivity index (χ1) is 10.1. The second kappa shape index (κ2) is 5.12. The van der Waals surface area contributed by atoms with Crippen LogP contribution >= 0.6 is 0 Å². The molecule has 3 rings (SSSR count). The van der Waals surface area contributed by atoms with E-state index in [1.165, 1.54) is 17.2 Å². The average Bonchev–Trinajstić information content (AvgIpc) is 2.95. The number of aliphatic carboxylic acids is 1. The lowest BCUT2D eigenvalue weighted by Crippen LogP contribution is -2.40. The number of hydrogen-bond donors (Lipinski definition) is 1. The molecular formula is C15H13FN2O3. The molecule has 1 atom stereocenters. The summed E-state index contributed by atoms with van der Waals surface area (Å²) in [6.07, 6.45) is 2.57. The van der Waals surface area contributed by atoms with Crippen LogP contribution in [0.15, 0.2) is 30.5 Å². The molecule has 0 unspecified atom stereocenters. The second-order valence-electron chi connectivity index (χ2n) is 5.02. The molecule has 0 saturated carbocycles. The van der Waals surface area contributed by atoms with Gasteiger partial charge in [0, 0.05) is 18.1 Å². The number of carbonyl (C=O) groups excluding carboxylic acids is 1. The van der Waals surface area contributed by atoms with Crippen molar-refractivity contribution in [3.05, 3.63) is 41.8 Å². The summed E-state index contributed by atoms with van der Waals surface area (Å²) in [7, 11) is 0. The molecule has 1 aromatic heterocycles. The Balaban J connectivity index is 2.07. The van der Waals surface area contributed by atoms with Crippen LogP contribution in [0.5, 0.6) is 0 Å². The molecule has 2 aromatic rings. The summed E-state index contributed by atoms with van der Waals surface area (Å²) in [5, 5.41) is 9.68. The number of rotatable bonds is 2. The Kier molecular flexibility index (Phi) is 3.29. The Morgan fingerprint density at radius 2 is 2.19 bits per heavy atom. The highest BCUT2D eigenvalue weighted by Crippen LogP contribution is 2.24. The summed E-state index contributed by atoms with van der Waals surface area (Å²) < 4.78 is 13.7. The summed E-state index contributed by atoms with van der Waals surface area (Å²) in [5.74, 6) is -2.05. The van der Waals surface area contributed by atoms with Crippen LogP contribution in [0.4, 0.5) is 4.39 Å². The minimum atomic E-state index is -1.03. The molecule has 1 N–H and O–H groups in total. The molecule has 1 aliphatic rings. The predicted octanol–water partition coefficient (Wildman–Crippen LogP) is 2.06. The lowest BCUT2D eigenvalue weighted by Gasteiger charge is -2.22. The third kappa shape index (κ3) is 2.33. The Bertz CT molecular complexity index is 732. The number of pyridine rings is 1. The number of halogens is 1. The first-order valence-electron chi connectivity index (χ1n) is 6.66. The van der Waals surface area contributed by atoms with Gasteiger partial charge in [0.2, 0.25) is 0 Å². The number of fused-ring (bicyclic) bond motifs is 1. The molecule has 1 fully saturated rings. The van der Waals surface area contributed by atoms with Crippen molar-refractivity contribution in [3.8, 4) is 0 Å².